The molecule has 0 N–H and O–H groups in total. The molecule has 1 aromatic heterocycles. The fraction of sp³-hybridized carbons (Fsp3) is 0.292. The van der Waals surface area contributed by atoms with Crippen molar-refractivity contribution in [1.29, 1.82) is 0 Å². The lowest BCUT2D eigenvalue weighted by Crippen LogP contribution is -2.49. The van der Waals surface area contributed by atoms with E-state index in [-0.39, 0.29) is 23.7 Å². The molecule has 0 radical (unpaired) electrons. The standard InChI is InChI=1S/C24H25FN4O3/c1-32-19-7-8-20(21(25)15-19)22-9-10-23(30)29(26-22)17-24(31)28-13-11-27(12-14-28)16-18-5-3-2-4-6-18/h2-10,15H,11-14,16-17H2,1H3. The van der Waals surface area contributed by atoms with Crippen LogP contribution >= 0.6 is 0 Å². The molecule has 166 valence electrons. The van der Waals surface area contributed by atoms with Crippen molar-refractivity contribution in [2.45, 2.75) is 13.1 Å². The van der Waals surface area contributed by atoms with Crippen molar-refractivity contribution in [2.24, 2.45) is 0 Å². The molecule has 1 aliphatic heterocycles. The first-order valence-electron chi connectivity index (χ1n) is 10.5. The summed E-state index contributed by atoms with van der Waals surface area (Å²) in [6.07, 6.45) is 0. The van der Waals surface area contributed by atoms with Crippen LogP contribution in [0, 0.1) is 5.82 Å². The van der Waals surface area contributed by atoms with Crippen LogP contribution < -0.4 is 10.3 Å². The molecule has 7 nitrogen and oxygen atoms in total. The number of hydrogen-bond acceptors (Lipinski definition) is 5. The molecule has 2 heterocycles. The number of hydrogen-bond donors (Lipinski definition) is 0. The molecule has 0 bridgehead atoms. The Morgan fingerprint density at radius 1 is 1.03 bits per heavy atom. The smallest absolute Gasteiger partial charge is 0.267 e. The van der Waals surface area contributed by atoms with Crippen LogP contribution in [0.25, 0.3) is 11.3 Å². The van der Waals surface area contributed by atoms with Gasteiger partial charge in [0.2, 0.25) is 5.91 Å². The summed E-state index contributed by atoms with van der Waals surface area (Å²) in [6.45, 7) is 3.38. The Bertz CT molecular complexity index is 1140. The maximum atomic E-state index is 14.4. The van der Waals surface area contributed by atoms with E-state index >= 15 is 0 Å². The Hall–Kier alpha value is -3.52. The molecule has 0 unspecified atom stereocenters. The van der Waals surface area contributed by atoms with Gasteiger partial charge < -0.3 is 9.64 Å². The quantitative estimate of drug-likeness (QED) is 0.594. The van der Waals surface area contributed by atoms with Crippen LogP contribution in [0.15, 0.2) is 65.5 Å². The van der Waals surface area contributed by atoms with E-state index in [4.69, 9.17) is 4.74 Å². The molecular formula is C24H25FN4O3. The van der Waals surface area contributed by atoms with E-state index in [1.165, 1.54) is 30.9 Å². The number of ether oxygens (including phenoxy) is 1. The zero-order chi connectivity index (χ0) is 22.5. The van der Waals surface area contributed by atoms with Crippen molar-refractivity contribution < 1.29 is 13.9 Å². The van der Waals surface area contributed by atoms with E-state index in [0.29, 0.717) is 18.8 Å². The molecule has 1 saturated heterocycles. The van der Waals surface area contributed by atoms with Crippen LogP contribution in [0.4, 0.5) is 4.39 Å². The Kier molecular flexibility index (Phi) is 6.61. The van der Waals surface area contributed by atoms with Gasteiger partial charge in [-0.2, -0.15) is 5.10 Å². The second kappa shape index (κ2) is 9.74. The monoisotopic (exact) mass is 436 g/mol. The van der Waals surface area contributed by atoms with E-state index in [0.717, 1.165) is 24.3 Å². The molecule has 32 heavy (non-hydrogen) atoms. The van der Waals surface area contributed by atoms with Gasteiger partial charge in [-0.15, -0.1) is 0 Å². The number of aromatic nitrogens is 2. The first-order valence-corrected chi connectivity index (χ1v) is 10.5. The summed E-state index contributed by atoms with van der Waals surface area (Å²) >= 11 is 0. The zero-order valence-corrected chi connectivity index (χ0v) is 17.9. The lowest BCUT2D eigenvalue weighted by atomic mass is 10.1. The fourth-order valence-corrected chi connectivity index (χ4v) is 3.76. The van der Waals surface area contributed by atoms with E-state index < -0.39 is 11.4 Å². The molecule has 1 fully saturated rings. The molecule has 2 aromatic carbocycles. The average Bonchev–Trinajstić information content (AvgIpc) is 2.81. The van der Waals surface area contributed by atoms with Crippen molar-refractivity contribution in [3.63, 3.8) is 0 Å². The Balaban J connectivity index is 1.40. The summed E-state index contributed by atoms with van der Waals surface area (Å²) in [5.74, 6) is -0.296. The maximum absolute atomic E-state index is 14.4. The summed E-state index contributed by atoms with van der Waals surface area (Å²) < 4.78 is 20.5. The molecule has 0 atom stereocenters. The van der Waals surface area contributed by atoms with Crippen LogP contribution in [-0.2, 0) is 17.9 Å². The van der Waals surface area contributed by atoms with Gasteiger partial charge >= 0.3 is 0 Å². The molecule has 1 aliphatic rings. The van der Waals surface area contributed by atoms with E-state index in [1.807, 2.05) is 18.2 Å². The van der Waals surface area contributed by atoms with Gasteiger partial charge in [0, 0.05) is 50.4 Å². The Morgan fingerprint density at radius 2 is 1.78 bits per heavy atom. The van der Waals surface area contributed by atoms with E-state index in [9.17, 15) is 14.0 Å². The number of piperazine rings is 1. The number of amides is 1. The minimum absolute atomic E-state index is 0.175. The van der Waals surface area contributed by atoms with Gasteiger partial charge in [-0.3, -0.25) is 14.5 Å². The second-order valence-corrected chi connectivity index (χ2v) is 7.70. The second-order valence-electron chi connectivity index (χ2n) is 7.70. The highest BCUT2D eigenvalue weighted by atomic mass is 19.1. The van der Waals surface area contributed by atoms with Crippen molar-refractivity contribution in [2.75, 3.05) is 33.3 Å². The minimum Gasteiger partial charge on any atom is -0.497 e. The van der Waals surface area contributed by atoms with Gasteiger partial charge in [0.15, 0.2) is 0 Å². The molecule has 4 rings (SSSR count). The summed E-state index contributed by atoms with van der Waals surface area (Å²) in [7, 11) is 1.46. The number of methoxy groups -OCH3 is 1. The molecule has 1 amide bonds. The van der Waals surface area contributed by atoms with Crippen LogP contribution in [0.3, 0.4) is 0 Å². The Labute approximate surface area is 185 Å². The predicted molar refractivity (Wildman–Crippen MR) is 119 cm³/mol. The largest absolute Gasteiger partial charge is 0.497 e. The number of rotatable bonds is 6. The average molecular weight is 436 g/mol. The number of nitrogens with zero attached hydrogens (tertiary/aromatic N) is 4. The SMILES string of the molecule is COc1ccc(-c2ccc(=O)n(CC(=O)N3CCN(Cc4ccccc4)CC3)n2)c(F)c1. The highest BCUT2D eigenvalue weighted by molar-refractivity contribution is 5.76. The van der Waals surface area contributed by atoms with Crippen molar-refractivity contribution >= 4 is 5.91 Å². The normalized spacial score (nSPS) is 14.4. The third-order valence-corrected chi connectivity index (χ3v) is 5.58. The summed E-state index contributed by atoms with van der Waals surface area (Å²) in [4.78, 5) is 29.1. The van der Waals surface area contributed by atoms with Crippen LogP contribution in [0.2, 0.25) is 0 Å². The first-order chi connectivity index (χ1) is 15.5. The topological polar surface area (TPSA) is 67.7 Å². The van der Waals surface area contributed by atoms with E-state index in [2.05, 4.69) is 22.1 Å². The van der Waals surface area contributed by atoms with E-state index in [1.54, 1.807) is 17.0 Å². The number of halogens is 1. The molecule has 8 heteroatoms. The molecule has 0 spiro atoms. The van der Waals surface area contributed by atoms with Gasteiger partial charge in [0.1, 0.15) is 18.1 Å². The molecule has 0 saturated carbocycles. The van der Waals surface area contributed by atoms with Gasteiger partial charge in [-0.05, 0) is 23.8 Å². The Morgan fingerprint density at radius 3 is 2.47 bits per heavy atom. The number of benzene rings is 2. The van der Waals surface area contributed by atoms with Crippen molar-refractivity contribution in [3.8, 4) is 17.0 Å². The molecular weight excluding hydrogens is 411 g/mol. The zero-order valence-electron chi connectivity index (χ0n) is 17.9. The first kappa shape index (κ1) is 21.7. The van der Waals surface area contributed by atoms with Gasteiger partial charge in [0.25, 0.3) is 5.56 Å². The predicted octanol–water partition coefficient (Wildman–Crippen LogP) is 2.40. The van der Waals surface area contributed by atoms with Crippen LogP contribution in [0.1, 0.15) is 5.56 Å². The van der Waals surface area contributed by atoms with Crippen LogP contribution in [0.5, 0.6) is 5.75 Å². The number of carbonyl (C=O) groups is 1. The summed E-state index contributed by atoms with van der Waals surface area (Å²) in [6, 6.07) is 17.4. The minimum atomic E-state index is -0.511. The highest BCUT2D eigenvalue weighted by Gasteiger charge is 2.22. The molecule has 3 aromatic rings. The van der Waals surface area contributed by atoms with Crippen LogP contribution in [-0.4, -0.2) is 58.8 Å². The third-order valence-electron chi connectivity index (χ3n) is 5.58. The third kappa shape index (κ3) is 5.03. The summed E-state index contributed by atoms with van der Waals surface area (Å²) in [5, 5.41) is 4.23. The van der Waals surface area contributed by atoms with Gasteiger partial charge in [0.05, 0.1) is 12.8 Å². The van der Waals surface area contributed by atoms with Crippen molar-refractivity contribution in [3.05, 3.63) is 82.4 Å². The fourth-order valence-electron chi connectivity index (χ4n) is 3.76. The van der Waals surface area contributed by atoms with Crippen molar-refractivity contribution in [1.82, 2.24) is 19.6 Å². The van der Waals surface area contributed by atoms with Gasteiger partial charge in [-0.1, -0.05) is 30.3 Å². The lowest BCUT2D eigenvalue weighted by molar-refractivity contribution is -0.133. The number of carbonyl (C=O) groups excluding carboxylic acids is 1. The van der Waals surface area contributed by atoms with Gasteiger partial charge in [-0.25, -0.2) is 9.07 Å². The molecule has 0 aliphatic carbocycles. The maximum Gasteiger partial charge on any atom is 0.267 e. The summed E-state index contributed by atoms with van der Waals surface area (Å²) in [5.41, 5.74) is 1.36. The highest BCUT2D eigenvalue weighted by Crippen LogP contribution is 2.24. The lowest BCUT2D eigenvalue weighted by Gasteiger charge is -2.34.